The average molecular weight is 1060 g/mol. The van der Waals surface area contributed by atoms with Crippen LogP contribution in [0, 0.1) is 0 Å². The van der Waals surface area contributed by atoms with Crippen molar-refractivity contribution in [2.45, 2.75) is 303 Å². The van der Waals surface area contributed by atoms with Crippen LogP contribution in [-0.2, 0) is 28.6 Å². The van der Waals surface area contributed by atoms with Crippen molar-refractivity contribution in [1.82, 2.24) is 0 Å². The van der Waals surface area contributed by atoms with Gasteiger partial charge in [0.15, 0.2) is 6.10 Å². The smallest absolute Gasteiger partial charge is 0.306 e. The van der Waals surface area contributed by atoms with Crippen LogP contribution in [0.25, 0.3) is 0 Å². The Morgan fingerprint density at radius 2 is 0.513 bits per heavy atom. The first-order valence-corrected chi connectivity index (χ1v) is 31.9. The zero-order valence-electron chi connectivity index (χ0n) is 49.7. The molecule has 0 amide bonds. The Bertz CT molecular complexity index is 1540. The fourth-order valence-electron chi connectivity index (χ4n) is 8.75. The molecule has 6 nitrogen and oxygen atoms in total. The first kappa shape index (κ1) is 72.1. The van der Waals surface area contributed by atoms with Crippen LogP contribution in [0.15, 0.2) is 109 Å². The summed E-state index contributed by atoms with van der Waals surface area (Å²) in [7, 11) is 0. The van der Waals surface area contributed by atoms with E-state index in [0.717, 1.165) is 109 Å². The molecule has 0 fully saturated rings. The third-order valence-corrected chi connectivity index (χ3v) is 13.5. The third-order valence-electron chi connectivity index (χ3n) is 13.5. The third kappa shape index (κ3) is 60.9. The first-order valence-electron chi connectivity index (χ1n) is 31.9. The number of esters is 3. The summed E-state index contributed by atoms with van der Waals surface area (Å²) in [5.41, 5.74) is 0. The summed E-state index contributed by atoms with van der Waals surface area (Å²) in [6.07, 6.45) is 86.7. The number of hydrogen-bond acceptors (Lipinski definition) is 6. The lowest BCUT2D eigenvalue weighted by atomic mass is 10.1. The highest BCUT2D eigenvalue weighted by Crippen LogP contribution is 2.16. The minimum atomic E-state index is -0.797. The SMILES string of the molecule is CC/C=C\C/C=C\C/C=C\C/C=C\C/C=C\C/C=C\C/C=C\C/C=C\CCCCC(=O)OCC(COC(=O)CCCCCCCCCCCC)OC(=O)CCCCCCCCCCC/C=C\CCCCCCCCCC. The molecule has 0 radical (unpaired) electrons. The van der Waals surface area contributed by atoms with E-state index in [1.165, 1.54) is 148 Å². The van der Waals surface area contributed by atoms with E-state index >= 15 is 0 Å². The van der Waals surface area contributed by atoms with E-state index < -0.39 is 6.10 Å². The molecule has 0 saturated heterocycles. The molecule has 0 aliphatic heterocycles. The van der Waals surface area contributed by atoms with Gasteiger partial charge < -0.3 is 14.2 Å². The number of carbonyl (C=O) groups is 3. The molecule has 0 N–H and O–H groups in total. The number of allylic oxidation sites excluding steroid dienone is 18. The molecule has 0 aromatic carbocycles. The molecular weight excluding hydrogens is 937 g/mol. The molecule has 6 heteroatoms. The maximum Gasteiger partial charge on any atom is 0.306 e. The number of carbonyl (C=O) groups excluding carboxylic acids is 3. The molecule has 0 bridgehead atoms. The van der Waals surface area contributed by atoms with Gasteiger partial charge in [-0.1, -0.05) is 278 Å². The van der Waals surface area contributed by atoms with E-state index in [0.29, 0.717) is 19.3 Å². The topological polar surface area (TPSA) is 78.9 Å². The number of ether oxygens (including phenoxy) is 3. The normalized spacial score (nSPS) is 12.8. The van der Waals surface area contributed by atoms with Crippen LogP contribution in [0.1, 0.15) is 297 Å². The van der Waals surface area contributed by atoms with Crippen molar-refractivity contribution in [3.63, 3.8) is 0 Å². The second kappa shape index (κ2) is 63.6. The van der Waals surface area contributed by atoms with Gasteiger partial charge in [0.25, 0.3) is 0 Å². The zero-order chi connectivity index (χ0) is 55.0. The van der Waals surface area contributed by atoms with E-state index in [1.807, 2.05) is 0 Å². The average Bonchev–Trinajstić information content (AvgIpc) is 3.42. The van der Waals surface area contributed by atoms with Gasteiger partial charge in [0.1, 0.15) is 13.2 Å². The summed E-state index contributed by atoms with van der Waals surface area (Å²) in [4.78, 5) is 38.2. The molecule has 76 heavy (non-hydrogen) atoms. The van der Waals surface area contributed by atoms with E-state index in [4.69, 9.17) is 14.2 Å². The molecule has 0 heterocycles. The summed E-state index contributed by atoms with van der Waals surface area (Å²) >= 11 is 0. The van der Waals surface area contributed by atoms with Crippen molar-refractivity contribution >= 4 is 17.9 Å². The van der Waals surface area contributed by atoms with Gasteiger partial charge in [-0.3, -0.25) is 14.4 Å². The lowest BCUT2D eigenvalue weighted by Crippen LogP contribution is -2.30. The van der Waals surface area contributed by atoms with E-state index in [-0.39, 0.29) is 31.1 Å². The van der Waals surface area contributed by atoms with Crippen LogP contribution >= 0.6 is 0 Å². The molecule has 0 aromatic rings. The fourth-order valence-corrected chi connectivity index (χ4v) is 8.75. The zero-order valence-corrected chi connectivity index (χ0v) is 49.7. The number of hydrogen-bond donors (Lipinski definition) is 0. The second-order valence-corrected chi connectivity index (χ2v) is 20.9. The van der Waals surface area contributed by atoms with Gasteiger partial charge >= 0.3 is 17.9 Å². The molecule has 1 atom stereocenters. The monoisotopic (exact) mass is 1050 g/mol. The Hall–Kier alpha value is -3.93. The molecule has 1 unspecified atom stereocenters. The molecule has 434 valence electrons. The Morgan fingerprint density at radius 3 is 0.842 bits per heavy atom. The molecule has 0 spiro atoms. The van der Waals surface area contributed by atoms with Gasteiger partial charge in [0.05, 0.1) is 0 Å². The molecular formula is C70H118O6. The van der Waals surface area contributed by atoms with Gasteiger partial charge in [-0.15, -0.1) is 0 Å². The van der Waals surface area contributed by atoms with E-state index in [2.05, 4.69) is 130 Å². The Labute approximate surface area is 470 Å². The van der Waals surface area contributed by atoms with E-state index in [1.54, 1.807) is 0 Å². The van der Waals surface area contributed by atoms with Crippen LogP contribution in [0.3, 0.4) is 0 Å². The van der Waals surface area contributed by atoms with Crippen LogP contribution in [0.2, 0.25) is 0 Å². The summed E-state index contributed by atoms with van der Waals surface area (Å²) in [5, 5.41) is 0. The molecule has 0 aliphatic rings. The van der Waals surface area contributed by atoms with Crippen molar-refractivity contribution in [3.8, 4) is 0 Å². The van der Waals surface area contributed by atoms with Gasteiger partial charge in [0, 0.05) is 19.3 Å². The van der Waals surface area contributed by atoms with Crippen LogP contribution in [-0.4, -0.2) is 37.2 Å². The summed E-state index contributed by atoms with van der Waals surface area (Å²) < 4.78 is 16.9. The van der Waals surface area contributed by atoms with E-state index in [9.17, 15) is 14.4 Å². The lowest BCUT2D eigenvalue weighted by molar-refractivity contribution is -0.167. The highest BCUT2D eigenvalue weighted by atomic mass is 16.6. The van der Waals surface area contributed by atoms with Crippen molar-refractivity contribution in [2.24, 2.45) is 0 Å². The molecule has 0 saturated carbocycles. The highest BCUT2D eigenvalue weighted by Gasteiger charge is 2.19. The van der Waals surface area contributed by atoms with Crippen LogP contribution in [0.5, 0.6) is 0 Å². The van der Waals surface area contributed by atoms with Gasteiger partial charge in [0.2, 0.25) is 0 Å². The van der Waals surface area contributed by atoms with Gasteiger partial charge in [-0.05, 0) is 109 Å². The van der Waals surface area contributed by atoms with Gasteiger partial charge in [-0.2, -0.15) is 0 Å². The summed E-state index contributed by atoms with van der Waals surface area (Å²) in [6.45, 7) is 6.49. The van der Waals surface area contributed by atoms with Crippen molar-refractivity contribution in [3.05, 3.63) is 109 Å². The largest absolute Gasteiger partial charge is 0.462 e. The standard InChI is InChI=1S/C70H118O6/c1-4-7-10-13-16-19-22-24-26-28-30-32-33-34-35-36-37-39-40-42-44-46-48-51-54-57-60-63-69(72)75-66-67(65-74-68(71)62-59-56-53-50-21-18-15-12-9-6-3)76-70(73)64-61-58-55-52-49-47-45-43-41-38-31-29-27-25-23-20-17-14-11-8-5-2/h7,10,16,19,24,26,29-32,34-35,37,39,42,44,48,51,67H,4-6,8-9,11-15,17-18,20-23,25,27-28,33,36,38,40-41,43,45-47,49-50,52-66H2,1-3H3/b10-7-,19-16-,26-24-,31-29-,32-30-,35-34-,39-37-,44-42-,51-48-. The predicted molar refractivity (Wildman–Crippen MR) is 330 cm³/mol. The van der Waals surface area contributed by atoms with Crippen LogP contribution in [0.4, 0.5) is 0 Å². The Morgan fingerprint density at radius 1 is 0.276 bits per heavy atom. The molecule has 0 rings (SSSR count). The Balaban J connectivity index is 4.36. The molecule has 0 aliphatic carbocycles. The maximum atomic E-state index is 12.9. The predicted octanol–water partition coefficient (Wildman–Crippen LogP) is 21.8. The maximum absolute atomic E-state index is 12.9. The quantitative estimate of drug-likeness (QED) is 0.0261. The van der Waals surface area contributed by atoms with Gasteiger partial charge in [-0.25, -0.2) is 0 Å². The van der Waals surface area contributed by atoms with Crippen molar-refractivity contribution < 1.29 is 28.6 Å². The van der Waals surface area contributed by atoms with Crippen molar-refractivity contribution in [1.29, 1.82) is 0 Å². The van der Waals surface area contributed by atoms with Crippen molar-refractivity contribution in [2.75, 3.05) is 13.2 Å². The number of rotatable bonds is 57. The first-order chi connectivity index (χ1) is 37.5. The number of unbranched alkanes of at least 4 members (excludes halogenated alkanes) is 28. The minimum Gasteiger partial charge on any atom is -0.462 e. The highest BCUT2D eigenvalue weighted by molar-refractivity contribution is 5.71. The second-order valence-electron chi connectivity index (χ2n) is 20.9. The Kier molecular flexibility index (Phi) is 60.3. The molecule has 0 aromatic heterocycles. The summed E-state index contributed by atoms with van der Waals surface area (Å²) in [5.74, 6) is -0.934. The minimum absolute atomic E-state index is 0.0914. The van der Waals surface area contributed by atoms with Crippen LogP contribution < -0.4 is 0 Å². The summed E-state index contributed by atoms with van der Waals surface area (Å²) in [6, 6.07) is 0. The fraction of sp³-hybridized carbons (Fsp3) is 0.700. The lowest BCUT2D eigenvalue weighted by Gasteiger charge is -2.18.